The summed E-state index contributed by atoms with van der Waals surface area (Å²) in [5, 5.41) is 0. The molecule has 1 aliphatic heterocycles. The number of rotatable bonds is 5. The lowest BCUT2D eigenvalue weighted by Gasteiger charge is -2.36. The lowest BCUT2D eigenvalue weighted by atomic mass is 9.74. The van der Waals surface area contributed by atoms with Gasteiger partial charge in [0.2, 0.25) is 0 Å². The minimum absolute atomic E-state index is 0.0361. The first-order chi connectivity index (χ1) is 27.1. The zero-order valence-electron chi connectivity index (χ0n) is 35.3. The van der Waals surface area contributed by atoms with Crippen molar-refractivity contribution in [2.75, 3.05) is 4.90 Å². The molecule has 9 rings (SSSR count). The maximum Gasteiger partial charge on any atom is 0.0540 e. The van der Waals surface area contributed by atoms with E-state index in [-0.39, 0.29) is 21.7 Å². The van der Waals surface area contributed by atoms with Crippen molar-refractivity contribution in [3.8, 4) is 33.4 Å². The van der Waals surface area contributed by atoms with Crippen molar-refractivity contribution >= 4 is 28.8 Å². The zero-order valence-corrected chi connectivity index (χ0v) is 36.2. The van der Waals surface area contributed by atoms with Crippen LogP contribution in [0.2, 0.25) is 0 Å². The molecular formula is C55H55NS. The van der Waals surface area contributed by atoms with Gasteiger partial charge >= 0.3 is 0 Å². The van der Waals surface area contributed by atoms with Gasteiger partial charge in [0.25, 0.3) is 0 Å². The molecule has 0 bridgehead atoms. The smallest absolute Gasteiger partial charge is 0.0540 e. The number of aryl methyl sites for hydroxylation is 1. The summed E-state index contributed by atoms with van der Waals surface area (Å²) in [6.07, 6.45) is 7.92. The van der Waals surface area contributed by atoms with Crippen molar-refractivity contribution in [3.05, 3.63) is 178 Å². The van der Waals surface area contributed by atoms with Crippen LogP contribution < -0.4 is 4.90 Å². The predicted molar refractivity (Wildman–Crippen MR) is 247 cm³/mol. The van der Waals surface area contributed by atoms with E-state index in [1.807, 2.05) is 11.8 Å². The zero-order chi connectivity index (χ0) is 40.1. The lowest BCUT2D eigenvalue weighted by Crippen LogP contribution is -2.25. The molecule has 0 amide bonds. The van der Waals surface area contributed by atoms with Crippen LogP contribution in [0.15, 0.2) is 149 Å². The second-order valence-electron chi connectivity index (χ2n) is 19.2. The average molecular weight is 762 g/mol. The van der Waals surface area contributed by atoms with Gasteiger partial charge in [0.1, 0.15) is 0 Å². The van der Waals surface area contributed by atoms with Crippen LogP contribution >= 0.6 is 11.8 Å². The van der Waals surface area contributed by atoms with Gasteiger partial charge in [-0.15, -0.1) is 0 Å². The fourth-order valence-electron chi connectivity index (χ4n) is 9.71. The molecule has 1 heterocycles. The Balaban J connectivity index is 1.37. The molecule has 57 heavy (non-hydrogen) atoms. The van der Waals surface area contributed by atoms with Crippen molar-refractivity contribution in [1.82, 2.24) is 0 Å². The van der Waals surface area contributed by atoms with Gasteiger partial charge < -0.3 is 4.90 Å². The van der Waals surface area contributed by atoms with Crippen LogP contribution in [-0.4, -0.2) is 0 Å². The van der Waals surface area contributed by atoms with Crippen molar-refractivity contribution in [2.45, 2.75) is 102 Å². The third-order valence-electron chi connectivity index (χ3n) is 12.9. The van der Waals surface area contributed by atoms with Gasteiger partial charge in [-0.2, -0.15) is 0 Å². The Morgan fingerprint density at radius 2 is 1.25 bits per heavy atom. The van der Waals surface area contributed by atoms with Crippen LogP contribution in [0.25, 0.3) is 33.4 Å². The fraction of sp³-hybridized carbons (Fsp3) is 0.273. The van der Waals surface area contributed by atoms with Gasteiger partial charge in [0.15, 0.2) is 0 Å². The van der Waals surface area contributed by atoms with E-state index in [2.05, 4.69) is 214 Å². The Kier molecular flexibility index (Phi) is 8.72. The summed E-state index contributed by atoms with van der Waals surface area (Å²) in [5.74, 6) is 0. The van der Waals surface area contributed by atoms with Gasteiger partial charge in [-0.05, 0) is 92.4 Å². The number of hydrogen-bond donors (Lipinski definition) is 0. The fourth-order valence-corrected chi connectivity index (χ4v) is 11.1. The first-order valence-corrected chi connectivity index (χ1v) is 21.5. The maximum absolute atomic E-state index is 2.61. The van der Waals surface area contributed by atoms with E-state index < -0.39 is 0 Å². The molecule has 0 fully saturated rings. The Hall–Kier alpha value is -5.05. The molecule has 0 N–H and O–H groups in total. The van der Waals surface area contributed by atoms with Gasteiger partial charge in [-0.3, -0.25) is 0 Å². The number of thioether (sulfide) groups is 1. The predicted octanol–water partition coefficient (Wildman–Crippen LogP) is 15.9. The monoisotopic (exact) mass is 761 g/mol. The minimum atomic E-state index is -0.155. The molecular weight excluding hydrogens is 707 g/mol. The highest BCUT2D eigenvalue weighted by atomic mass is 32.2. The highest BCUT2D eigenvalue weighted by Crippen LogP contribution is 2.62. The maximum atomic E-state index is 2.61. The lowest BCUT2D eigenvalue weighted by molar-refractivity contribution is 0.564. The molecule has 0 saturated carbocycles. The average Bonchev–Trinajstić information content (AvgIpc) is 3.64. The molecule has 2 aliphatic carbocycles. The van der Waals surface area contributed by atoms with Crippen LogP contribution in [-0.2, 0) is 21.7 Å². The topological polar surface area (TPSA) is 3.24 Å². The molecule has 6 aromatic rings. The number of fused-ring (bicyclic) bond motifs is 6. The van der Waals surface area contributed by atoms with Gasteiger partial charge in [-0.1, -0.05) is 195 Å². The van der Waals surface area contributed by atoms with Crippen LogP contribution in [0.4, 0.5) is 17.1 Å². The largest absolute Gasteiger partial charge is 0.309 e. The molecule has 6 aromatic carbocycles. The first kappa shape index (κ1) is 37.5. The number of allylic oxidation sites excluding steroid dienone is 4. The van der Waals surface area contributed by atoms with E-state index in [1.54, 1.807) is 0 Å². The second-order valence-corrected chi connectivity index (χ2v) is 20.3. The van der Waals surface area contributed by atoms with E-state index in [1.165, 1.54) is 93.6 Å². The summed E-state index contributed by atoms with van der Waals surface area (Å²) < 4.78 is 0. The van der Waals surface area contributed by atoms with Crippen molar-refractivity contribution in [3.63, 3.8) is 0 Å². The Morgan fingerprint density at radius 1 is 0.596 bits per heavy atom. The number of hydrogen-bond acceptors (Lipinski definition) is 2. The normalized spacial score (nSPS) is 17.8. The highest BCUT2D eigenvalue weighted by molar-refractivity contribution is 8.03. The number of anilines is 3. The van der Waals surface area contributed by atoms with E-state index >= 15 is 0 Å². The van der Waals surface area contributed by atoms with Crippen molar-refractivity contribution in [1.29, 1.82) is 0 Å². The Labute approximate surface area is 345 Å². The molecule has 1 nitrogen and oxygen atoms in total. The number of para-hydroxylation sites is 2. The first-order valence-electron chi connectivity index (χ1n) is 20.7. The molecule has 3 aliphatic rings. The summed E-state index contributed by atoms with van der Waals surface area (Å²) in [6.45, 7) is 23.8. The van der Waals surface area contributed by atoms with Crippen LogP contribution in [0.3, 0.4) is 0 Å². The molecule has 1 unspecified atom stereocenters. The number of benzene rings is 6. The highest BCUT2D eigenvalue weighted by Gasteiger charge is 2.45. The number of nitrogens with zero attached hydrogens (tertiary/aromatic N) is 1. The molecule has 2 heteroatoms. The van der Waals surface area contributed by atoms with E-state index in [4.69, 9.17) is 0 Å². The van der Waals surface area contributed by atoms with Gasteiger partial charge in [0.05, 0.1) is 17.1 Å². The van der Waals surface area contributed by atoms with Crippen LogP contribution in [0, 0.1) is 6.92 Å². The Bertz CT molecular complexity index is 2640. The third-order valence-corrected chi connectivity index (χ3v) is 14.5. The summed E-state index contributed by atoms with van der Waals surface area (Å²) in [4.78, 5) is 5.44. The van der Waals surface area contributed by atoms with Crippen LogP contribution in [0.5, 0.6) is 0 Å². The van der Waals surface area contributed by atoms with Gasteiger partial charge in [-0.25, -0.2) is 0 Å². The summed E-state index contributed by atoms with van der Waals surface area (Å²) in [7, 11) is 0. The summed E-state index contributed by atoms with van der Waals surface area (Å²) >= 11 is 1.97. The summed E-state index contributed by atoms with van der Waals surface area (Å²) in [6, 6.07) is 46.0. The SMILES string of the molecule is Cc1ccc(N(c2ccccc2-c2ccccc2)c2ccccc2-c2cccc3c2-c2c(C(C)(C)C)cc(C(C)(C)C)cc2C3(C)C)c2c1SC1=CC=CCC12C. The molecule has 0 saturated heterocycles. The third kappa shape index (κ3) is 5.89. The minimum Gasteiger partial charge on any atom is -0.309 e. The van der Waals surface area contributed by atoms with E-state index in [0.717, 1.165) is 6.42 Å². The standard InChI is InChI=1S/C55H55NS/c1-35-30-31-46(50-51(35)57-47-29-18-19-32-55(47,50)10)56(44-27-16-14-23-38(44)36-21-12-11-13-22-36)45-28-17-15-24-39(45)40-25-20-26-41-48(40)49-42(53(5,6)7)33-37(52(2,3)4)34-43(49)54(41,8)9/h11-31,33-34H,32H2,1-10H3. The van der Waals surface area contributed by atoms with Crippen molar-refractivity contribution < 1.29 is 0 Å². The van der Waals surface area contributed by atoms with Gasteiger partial charge in [0, 0.05) is 37.3 Å². The molecule has 0 aromatic heterocycles. The van der Waals surface area contributed by atoms with Crippen LogP contribution in [0.1, 0.15) is 102 Å². The second kappa shape index (κ2) is 13.2. The molecule has 0 radical (unpaired) electrons. The van der Waals surface area contributed by atoms with E-state index in [9.17, 15) is 0 Å². The Morgan fingerprint density at radius 3 is 1.95 bits per heavy atom. The molecule has 1 atom stereocenters. The van der Waals surface area contributed by atoms with E-state index in [0.29, 0.717) is 0 Å². The molecule has 0 spiro atoms. The summed E-state index contributed by atoms with van der Waals surface area (Å²) in [5.41, 5.74) is 19.5. The molecule has 286 valence electrons. The quantitative estimate of drug-likeness (QED) is 0.172. The van der Waals surface area contributed by atoms with Crippen molar-refractivity contribution in [2.24, 2.45) is 0 Å².